The van der Waals surface area contributed by atoms with E-state index in [1.807, 2.05) is 93.6 Å². The van der Waals surface area contributed by atoms with E-state index in [9.17, 15) is 9.59 Å². The van der Waals surface area contributed by atoms with Gasteiger partial charge in [0, 0.05) is 11.1 Å². The molecule has 0 N–H and O–H groups in total. The maximum absolute atomic E-state index is 13.5. The summed E-state index contributed by atoms with van der Waals surface area (Å²) in [6, 6.07) is 24.9. The quantitative estimate of drug-likeness (QED) is 0.315. The highest BCUT2D eigenvalue weighted by Crippen LogP contribution is 2.35. The molecule has 0 spiro atoms. The van der Waals surface area contributed by atoms with Gasteiger partial charge in [-0.25, -0.2) is 14.6 Å². The van der Waals surface area contributed by atoms with E-state index in [1.165, 1.54) is 0 Å². The number of pyridine rings is 1. The summed E-state index contributed by atoms with van der Waals surface area (Å²) in [7, 11) is 0. The van der Waals surface area contributed by atoms with Gasteiger partial charge < -0.3 is 9.47 Å². The van der Waals surface area contributed by atoms with E-state index in [-0.39, 0.29) is 12.3 Å². The van der Waals surface area contributed by atoms with Gasteiger partial charge in [0.1, 0.15) is 11.3 Å². The lowest BCUT2D eigenvalue weighted by Crippen LogP contribution is -2.25. The Morgan fingerprint density at radius 2 is 1.47 bits per heavy atom. The molecule has 0 aliphatic rings. The van der Waals surface area contributed by atoms with E-state index < -0.39 is 17.5 Å². The van der Waals surface area contributed by atoms with E-state index in [0.29, 0.717) is 22.4 Å². The summed E-state index contributed by atoms with van der Waals surface area (Å²) in [6.07, 6.45) is 0. The minimum Gasteiger partial charge on any atom is -0.461 e. The molecule has 0 aliphatic heterocycles. The normalized spacial score (nSPS) is 11.3. The average Bonchev–Trinajstić information content (AvgIpc) is 2.82. The molecule has 0 bridgehead atoms. The van der Waals surface area contributed by atoms with Crippen molar-refractivity contribution in [3.05, 3.63) is 90.1 Å². The Bertz CT molecular complexity index is 1350. The molecule has 3 aromatic carbocycles. The standard InChI is InChI=1S/C29H27NO4/c1-5-33-27(31)24-18-23(20-12-7-6-8-13-20)25(28(32)34-29(2,3)4)26(30-24)22-16-15-19-11-9-10-14-21(19)17-22/h6-18H,5H2,1-4H3. The number of nitrogens with zero attached hydrogens (tertiary/aromatic N) is 1. The van der Waals surface area contributed by atoms with Crippen LogP contribution in [0.3, 0.4) is 0 Å². The first kappa shape index (κ1) is 23.2. The summed E-state index contributed by atoms with van der Waals surface area (Å²) in [5.41, 5.74) is 2.17. The van der Waals surface area contributed by atoms with Crippen LogP contribution in [-0.4, -0.2) is 29.1 Å². The number of ether oxygens (including phenoxy) is 2. The van der Waals surface area contributed by atoms with Gasteiger partial charge in [-0.05, 0) is 56.2 Å². The van der Waals surface area contributed by atoms with Gasteiger partial charge in [-0.3, -0.25) is 0 Å². The minimum atomic E-state index is -0.703. The lowest BCUT2D eigenvalue weighted by atomic mass is 9.93. The van der Waals surface area contributed by atoms with Crippen molar-refractivity contribution in [1.82, 2.24) is 4.98 Å². The number of hydrogen-bond donors (Lipinski definition) is 0. The molecule has 0 saturated heterocycles. The Kier molecular flexibility index (Phi) is 6.46. The molecule has 172 valence electrons. The van der Waals surface area contributed by atoms with E-state index in [4.69, 9.17) is 9.47 Å². The molecule has 1 heterocycles. The third kappa shape index (κ3) is 4.99. The average molecular weight is 454 g/mol. The number of esters is 2. The molecule has 0 saturated carbocycles. The van der Waals surface area contributed by atoms with Crippen molar-refractivity contribution < 1.29 is 19.1 Å². The fraction of sp³-hybridized carbons (Fsp3) is 0.207. The molecule has 5 heteroatoms. The van der Waals surface area contributed by atoms with Crippen molar-refractivity contribution in [2.45, 2.75) is 33.3 Å². The van der Waals surface area contributed by atoms with Crippen molar-refractivity contribution in [3.8, 4) is 22.4 Å². The Balaban J connectivity index is 2.03. The van der Waals surface area contributed by atoms with Gasteiger partial charge in [-0.15, -0.1) is 0 Å². The summed E-state index contributed by atoms with van der Waals surface area (Å²) in [4.78, 5) is 30.9. The molecule has 34 heavy (non-hydrogen) atoms. The van der Waals surface area contributed by atoms with Gasteiger partial charge >= 0.3 is 11.9 Å². The molecule has 4 aromatic rings. The Morgan fingerprint density at radius 3 is 2.15 bits per heavy atom. The summed E-state index contributed by atoms with van der Waals surface area (Å²) in [5.74, 6) is -1.05. The number of rotatable bonds is 5. The molecule has 0 radical (unpaired) electrons. The molecular formula is C29H27NO4. The number of aromatic nitrogens is 1. The fourth-order valence-corrected chi connectivity index (χ4v) is 3.78. The number of carbonyl (C=O) groups is 2. The van der Waals surface area contributed by atoms with Crippen LogP contribution in [-0.2, 0) is 9.47 Å². The van der Waals surface area contributed by atoms with Crippen LogP contribution >= 0.6 is 0 Å². The third-order valence-corrected chi connectivity index (χ3v) is 5.21. The predicted octanol–water partition coefficient (Wildman–Crippen LogP) is 6.70. The molecule has 5 nitrogen and oxygen atoms in total. The van der Waals surface area contributed by atoms with E-state index in [2.05, 4.69) is 4.98 Å². The Hall–Kier alpha value is -3.99. The summed E-state index contributed by atoms with van der Waals surface area (Å²) in [5, 5.41) is 2.06. The lowest BCUT2D eigenvalue weighted by molar-refractivity contribution is 0.00703. The minimum absolute atomic E-state index is 0.135. The maximum Gasteiger partial charge on any atom is 0.356 e. The molecule has 1 aromatic heterocycles. The SMILES string of the molecule is CCOC(=O)c1cc(-c2ccccc2)c(C(=O)OC(C)(C)C)c(-c2ccc3ccccc3c2)n1. The van der Waals surface area contributed by atoms with Crippen molar-refractivity contribution in [2.24, 2.45) is 0 Å². The van der Waals surface area contributed by atoms with E-state index >= 15 is 0 Å². The van der Waals surface area contributed by atoms with Crippen molar-refractivity contribution in [1.29, 1.82) is 0 Å². The van der Waals surface area contributed by atoms with Gasteiger partial charge in [0.25, 0.3) is 0 Å². The predicted molar refractivity (Wildman–Crippen MR) is 134 cm³/mol. The van der Waals surface area contributed by atoms with Gasteiger partial charge in [-0.2, -0.15) is 0 Å². The first-order valence-corrected chi connectivity index (χ1v) is 11.3. The Morgan fingerprint density at radius 1 is 0.794 bits per heavy atom. The molecule has 0 amide bonds. The second kappa shape index (κ2) is 9.48. The first-order chi connectivity index (χ1) is 16.3. The monoisotopic (exact) mass is 453 g/mol. The molecule has 0 aliphatic carbocycles. The topological polar surface area (TPSA) is 65.5 Å². The second-order valence-electron chi connectivity index (χ2n) is 8.93. The largest absolute Gasteiger partial charge is 0.461 e. The van der Waals surface area contributed by atoms with Gasteiger partial charge in [-0.1, -0.05) is 66.7 Å². The van der Waals surface area contributed by atoms with Gasteiger partial charge in [0.05, 0.1) is 17.9 Å². The van der Waals surface area contributed by atoms with Crippen LogP contribution < -0.4 is 0 Å². The number of carbonyl (C=O) groups excluding carboxylic acids is 2. The van der Waals surface area contributed by atoms with Crippen LogP contribution in [0.5, 0.6) is 0 Å². The summed E-state index contributed by atoms with van der Waals surface area (Å²) < 4.78 is 11.0. The second-order valence-corrected chi connectivity index (χ2v) is 8.93. The highest BCUT2D eigenvalue weighted by atomic mass is 16.6. The highest BCUT2D eigenvalue weighted by Gasteiger charge is 2.28. The number of fused-ring (bicyclic) bond motifs is 1. The zero-order valence-corrected chi connectivity index (χ0v) is 19.8. The van der Waals surface area contributed by atoms with Crippen LogP contribution in [0.2, 0.25) is 0 Å². The van der Waals surface area contributed by atoms with E-state index in [1.54, 1.807) is 13.0 Å². The van der Waals surface area contributed by atoms with Crippen LogP contribution in [0.4, 0.5) is 0 Å². The van der Waals surface area contributed by atoms with E-state index in [0.717, 1.165) is 16.3 Å². The first-order valence-electron chi connectivity index (χ1n) is 11.3. The molecule has 4 rings (SSSR count). The van der Waals surface area contributed by atoms with Gasteiger partial charge in [0.15, 0.2) is 0 Å². The molecule has 0 fully saturated rings. The van der Waals surface area contributed by atoms with Crippen LogP contribution in [0, 0.1) is 0 Å². The van der Waals surface area contributed by atoms with Crippen molar-refractivity contribution in [2.75, 3.05) is 6.61 Å². The van der Waals surface area contributed by atoms with Crippen molar-refractivity contribution >= 4 is 22.7 Å². The molecular weight excluding hydrogens is 426 g/mol. The van der Waals surface area contributed by atoms with Crippen LogP contribution in [0.1, 0.15) is 48.5 Å². The summed E-state index contributed by atoms with van der Waals surface area (Å²) in [6.45, 7) is 7.44. The maximum atomic E-state index is 13.5. The molecule has 0 unspecified atom stereocenters. The zero-order chi connectivity index (χ0) is 24.3. The third-order valence-electron chi connectivity index (χ3n) is 5.21. The van der Waals surface area contributed by atoms with Gasteiger partial charge in [0.2, 0.25) is 0 Å². The summed E-state index contributed by atoms with van der Waals surface area (Å²) >= 11 is 0. The zero-order valence-electron chi connectivity index (χ0n) is 19.8. The Labute approximate surface area is 199 Å². The highest BCUT2D eigenvalue weighted by molar-refractivity contribution is 6.05. The van der Waals surface area contributed by atoms with Crippen molar-refractivity contribution in [3.63, 3.8) is 0 Å². The lowest BCUT2D eigenvalue weighted by Gasteiger charge is -2.22. The van der Waals surface area contributed by atoms with Crippen LogP contribution in [0.25, 0.3) is 33.2 Å². The smallest absolute Gasteiger partial charge is 0.356 e. The number of hydrogen-bond acceptors (Lipinski definition) is 5. The number of benzene rings is 3. The fourth-order valence-electron chi connectivity index (χ4n) is 3.78. The van der Waals surface area contributed by atoms with Crippen LogP contribution in [0.15, 0.2) is 78.9 Å². The molecule has 0 atom stereocenters.